The van der Waals surface area contributed by atoms with Gasteiger partial charge in [0.1, 0.15) is 0 Å². The van der Waals surface area contributed by atoms with E-state index in [0.29, 0.717) is 0 Å². The topological polar surface area (TPSA) is 12.0 Å². The molecule has 0 aliphatic heterocycles. The van der Waals surface area contributed by atoms with E-state index in [1.807, 2.05) is 18.2 Å². The molecule has 0 spiro atoms. The second kappa shape index (κ2) is 4.88. The fourth-order valence-electron chi connectivity index (χ4n) is 1.01. The maximum absolute atomic E-state index is 4.24. The average Bonchev–Trinajstić information content (AvgIpc) is 2.15. The van der Waals surface area contributed by atoms with E-state index in [9.17, 15) is 0 Å². The van der Waals surface area contributed by atoms with E-state index < -0.39 is 0 Å². The quantitative estimate of drug-likeness (QED) is 0.535. The molecule has 12 heavy (non-hydrogen) atoms. The molecule has 1 aromatic rings. The largest absolute Gasteiger partial charge is 0.381 e. The first kappa shape index (κ1) is 9.20. The number of thiol groups is 1. The van der Waals surface area contributed by atoms with E-state index in [1.54, 1.807) is 0 Å². The Labute approximate surface area is 78.9 Å². The molecule has 1 N–H and O–H groups in total. The normalized spacial score (nSPS) is 9.42. The molecule has 0 unspecified atom stereocenters. The molecule has 0 saturated carbocycles. The molecule has 0 fully saturated rings. The third-order valence-electron chi connectivity index (χ3n) is 1.62. The Morgan fingerprint density at radius 1 is 1.42 bits per heavy atom. The lowest BCUT2D eigenvalue weighted by molar-refractivity contribution is 1.29. The van der Waals surface area contributed by atoms with Crippen LogP contribution in [-0.2, 0) is 5.75 Å². The first-order chi connectivity index (χ1) is 5.88. The Morgan fingerprint density at radius 2 is 2.17 bits per heavy atom. The summed E-state index contributed by atoms with van der Waals surface area (Å²) in [6, 6.07) is 8.15. The number of rotatable bonds is 4. The Balaban J connectivity index is 2.74. The molecule has 0 aliphatic rings. The highest BCUT2D eigenvalue weighted by molar-refractivity contribution is 7.79. The predicted octanol–water partition coefficient (Wildman–Crippen LogP) is 2.71. The van der Waals surface area contributed by atoms with Crippen molar-refractivity contribution < 1.29 is 0 Å². The van der Waals surface area contributed by atoms with E-state index in [0.717, 1.165) is 18.0 Å². The Kier molecular flexibility index (Phi) is 3.74. The molecule has 1 rings (SSSR count). The molecule has 2 heteroatoms. The van der Waals surface area contributed by atoms with Crippen LogP contribution in [0.5, 0.6) is 0 Å². The van der Waals surface area contributed by atoms with Crippen molar-refractivity contribution in [3.63, 3.8) is 0 Å². The third kappa shape index (κ3) is 2.31. The maximum Gasteiger partial charge on any atom is 0.0383 e. The summed E-state index contributed by atoms with van der Waals surface area (Å²) < 4.78 is 0. The summed E-state index contributed by atoms with van der Waals surface area (Å²) in [5.74, 6) is 0.764. The molecule has 0 saturated heterocycles. The van der Waals surface area contributed by atoms with Crippen LogP contribution in [0.15, 0.2) is 36.9 Å². The first-order valence-electron chi connectivity index (χ1n) is 3.92. The van der Waals surface area contributed by atoms with Crippen molar-refractivity contribution in [1.82, 2.24) is 0 Å². The van der Waals surface area contributed by atoms with Crippen LogP contribution in [0.25, 0.3) is 0 Å². The Morgan fingerprint density at radius 3 is 2.83 bits per heavy atom. The van der Waals surface area contributed by atoms with E-state index in [1.165, 1.54) is 5.56 Å². The van der Waals surface area contributed by atoms with Crippen LogP contribution in [0.3, 0.4) is 0 Å². The number of para-hydroxylation sites is 1. The molecule has 0 amide bonds. The minimum absolute atomic E-state index is 0.764. The van der Waals surface area contributed by atoms with Crippen molar-refractivity contribution in [3.05, 3.63) is 42.5 Å². The second-order valence-corrected chi connectivity index (χ2v) is 2.80. The van der Waals surface area contributed by atoms with Gasteiger partial charge in [-0.25, -0.2) is 0 Å². The van der Waals surface area contributed by atoms with Crippen molar-refractivity contribution in [2.24, 2.45) is 0 Å². The van der Waals surface area contributed by atoms with Crippen molar-refractivity contribution in [2.45, 2.75) is 5.75 Å². The molecule has 0 aromatic heterocycles. The summed E-state index contributed by atoms with van der Waals surface area (Å²) in [4.78, 5) is 0. The molecule has 1 aromatic carbocycles. The summed E-state index contributed by atoms with van der Waals surface area (Å²) in [5.41, 5.74) is 2.37. The molecule has 0 bridgehead atoms. The smallest absolute Gasteiger partial charge is 0.0383 e. The van der Waals surface area contributed by atoms with Crippen LogP contribution in [0.2, 0.25) is 0 Å². The highest BCUT2D eigenvalue weighted by atomic mass is 32.1. The fraction of sp³-hybridized carbons (Fsp3) is 0.200. The summed E-state index contributed by atoms with van der Waals surface area (Å²) in [7, 11) is 0. The fourth-order valence-corrected chi connectivity index (χ4v) is 1.29. The maximum atomic E-state index is 4.24. The number of benzene rings is 1. The Bertz CT molecular complexity index is 258. The number of anilines is 1. The third-order valence-corrected chi connectivity index (χ3v) is 1.97. The monoisotopic (exact) mass is 179 g/mol. The van der Waals surface area contributed by atoms with Crippen molar-refractivity contribution >= 4 is 18.3 Å². The van der Waals surface area contributed by atoms with Crippen molar-refractivity contribution in [2.75, 3.05) is 11.9 Å². The van der Waals surface area contributed by atoms with Gasteiger partial charge in [0.15, 0.2) is 0 Å². The minimum Gasteiger partial charge on any atom is -0.381 e. The Hall–Kier alpha value is -0.890. The van der Waals surface area contributed by atoms with Gasteiger partial charge in [-0.15, -0.1) is 6.58 Å². The van der Waals surface area contributed by atoms with Gasteiger partial charge in [0.25, 0.3) is 0 Å². The average molecular weight is 179 g/mol. The highest BCUT2D eigenvalue weighted by Crippen LogP contribution is 2.16. The number of hydrogen-bond donors (Lipinski definition) is 2. The zero-order valence-corrected chi connectivity index (χ0v) is 7.85. The summed E-state index contributed by atoms with van der Waals surface area (Å²) in [6.07, 6.45) is 1.84. The summed E-state index contributed by atoms with van der Waals surface area (Å²) in [5, 5.41) is 3.25. The molecule has 0 heterocycles. The van der Waals surface area contributed by atoms with Gasteiger partial charge in [-0.3, -0.25) is 0 Å². The molecule has 0 atom stereocenters. The van der Waals surface area contributed by atoms with E-state index >= 15 is 0 Å². The molecule has 64 valence electrons. The number of hydrogen-bond acceptors (Lipinski definition) is 2. The second-order valence-electron chi connectivity index (χ2n) is 2.48. The zero-order valence-electron chi connectivity index (χ0n) is 6.96. The predicted molar refractivity (Wildman–Crippen MR) is 57.8 cm³/mol. The van der Waals surface area contributed by atoms with Crippen LogP contribution >= 0.6 is 12.6 Å². The lowest BCUT2D eigenvalue weighted by atomic mass is 10.2. The van der Waals surface area contributed by atoms with Gasteiger partial charge < -0.3 is 5.32 Å². The molecular formula is C10H13NS. The zero-order chi connectivity index (χ0) is 8.81. The van der Waals surface area contributed by atoms with Gasteiger partial charge in [0.05, 0.1) is 0 Å². The molecule has 0 radical (unpaired) electrons. The van der Waals surface area contributed by atoms with Gasteiger partial charge in [0.2, 0.25) is 0 Å². The van der Waals surface area contributed by atoms with Crippen molar-refractivity contribution in [1.29, 1.82) is 0 Å². The molecule has 1 nitrogen and oxygen atoms in total. The van der Waals surface area contributed by atoms with Gasteiger partial charge in [-0.2, -0.15) is 12.6 Å². The lowest BCUT2D eigenvalue weighted by Gasteiger charge is -2.07. The van der Waals surface area contributed by atoms with Crippen LogP contribution in [0, 0.1) is 0 Å². The minimum atomic E-state index is 0.764. The van der Waals surface area contributed by atoms with Crippen LogP contribution in [-0.4, -0.2) is 6.54 Å². The van der Waals surface area contributed by atoms with Crippen molar-refractivity contribution in [3.8, 4) is 0 Å². The van der Waals surface area contributed by atoms with Crippen LogP contribution in [0.1, 0.15) is 5.56 Å². The van der Waals surface area contributed by atoms with E-state index in [4.69, 9.17) is 0 Å². The van der Waals surface area contributed by atoms with Gasteiger partial charge >= 0.3 is 0 Å². The van der Waals surface area contributed by atoms with Gasteiger partial charge in [-0.1, -0.05) is 24.3 Å². The van der Waals surface area contributed by atoms with Gasteiger partial charge in [0, 0.05) is 18.0 Å². The number of nitrogens with one attached hydrogen (secondary N) is 1. The standard InChI is InChI=1S/C10H13NS/c1-2-7-11-10-6-4-3-5-9(10)8-12/h2-6,11-12H,1,7-8H2. The van der Waals surface area contributed by atoms with E-state index in [-0.39, 0.29) is 0 Å². The first-order valence-corrected chi connectivity index (χ1v) is 4.55. The van der Waals surface area contributed by atoms with Gasteiger partial charge in [-0.05, 0) is 11.6 Å². The summed E-state index contributed by atoms with van der Waals surface area (Å²) >= 11 is 4.24. The van der Waals surface area contributed by atoms with Crippen LogP contribution in [0.4, 0.5) is 5.69 Å². The SMILES string of the molecule is C=CCNc1ccccc1CS. The molecular weight excluding hydrogens is 166 g/mol. The lowest BCUT2D eigenvalue weighted by Crippen LogP contribution is -2.00. The molecule has 0 aliphatic carbocycles. The van der Waals surface area contributed by atoms with E-state index in [2.05, 4.69) is 36.7 Å². The van der Waals surface area contributed by atoms with Crippen LogP contribution < -0.4 is 5.32 Å². The summed E-state index contributed by atoms with van der Waals surface area (Å²) in [6.45, 7) is 4.45. The highest BCUT2D eigenvalue weighted by Gasteiger charge is 1.96.